The molecule has 0 amide bonds. The molecule has 0 unspecified atom stereocenters. The number of benzene rings is 2. The molecule has 4 nitrogen and oxygen atoms in total. The van der Waals surface area contributed by atoms with Crippen LogP contribution in [-0.2, 0) is 65.4 Å². The van der Waals surface area contributed by atoms with Crippen molar-refractivity contribution < 1.29 is 65.4 Å². The molecule has 0 aliphatic heterocycles. The first-order valence-electron chi connectivity index (χ1n) is 6.90. The van der Waals surface area contributed by atoms with Crippen LogP contribution < -0.4 is 10.6 Å². The predicted octanol–water partition coefficient (Wildman–Crippen LogP) is 4.55. The van der Waals surface area contributed by atoms with Gasteiger partial charge in [0.05, 0.1) is 12.9 Å². The van der Waals surface area contributed by atoms with Crippen LogP contribution in [0, 0.1) is 25.5 Å². The van der Waals surface area contributed by atoms with Crippen molar-refractivity contribution >= 4 is 23.5 Å². The van der Waals surface area contributed by atoms with Gasteiger partial charge in [0.25, 0.3) is 0 Å². The minimum Gasteiger partial charge on any atom is -0.478 e. The molecule has 0 aliphatic rings. The fraction of sp³-hybridized carbons (Fsp3) is 0.0526. The third-order valence-electron chi connectivity index (χ3n) is 3.00. The van der Waals surface area contributed by atoms with Gasteiger partial charge in [0, 0.05) is 76.8 Å². The monoisotopic (exact) mass is 476 g/mol. The number of nitrogens with one attached hydrogen (secondary N) is 2. The molecule has 0 saturated heterocycles. The summed E-state index contributed by atoms with van der Waals surface area (Å²) in [7, 11) is 0. The Hall–Kier alpha value is -1.29. The smallest absolute Gasteiger partial charge is 0.0864 e. The summed E-state index contributed by atoms with van der Waals surface area (Å²) in [5.74, 6) is 0. The number of hydrogen-bond acceptors (Lipinski definition) is 2. The van der Waals surface area contributed by atoms with E-state index in [9.17, 15) is 0 Å². The Morgan fingerprint density at radius 1 is 0.720 bits per heavy atom. The zero-order valence-electron chi connectivity index (χ0n) is 13.5. The van der Waals surface area contributed by atoms with Gasteiger partial charge < -0.3 is 20.3 Å². The van der Waals surface area contributed by atoms with E-state index in [0.29, 0.717) is 6.67 Å². The second-order valence-electron chi connectivity index (χ2n) is 4.54. The van der Waals surface area contributed by atoms with Crippen molar-refractivity contribution in [3.8, 4) is 0 Å². The molecule has 0 saturated carbocycles. The van der Waals surface area contributed by atoms with E-state index >= 15 is 0 Å². The van der Waals surface area contributed by atoms with E-state index in [0.717, 1.165) is 22.5 Å². The molecule has 2 rings (SSSR count). The van der Waals surface area contributed by atoms with Crippen molar-refractivity contribution in [2.75, 3.05) is 17.3 Å². The van der Waals surface area contributed by atoms with Crippen molar-refractivity contribution in [1.29, 1.82) is 0 Å². The summed E-state index contributed by atoms with van der Waals surface area (Å²) in [6, 6.07) is 15.5. The maximum Gasteiger partial charge on any atom is 0.0864 e. The Balaban J connectivity index is 0.00000288. The Kier molecular flexibility index (Phi) is 13.2. The SMILES string of the molecule is [C-]#[N+][C-]=Cc1ccc(NCNc2ccc(C=[C-][N+]#[C-])cc2)cc1.[Y].[Y]. The molecule has 0 aliphatic carbocycles. The summed E-state index contributed by atoms with van der Waals surface area (Å²) in [4.78, 5) is 6.11. The van der Waals surface area contributed by atoms with Crippen molar-refractivity contribution in [3.05, 3.63) is 94.9 Å². The molecule has 6 heteroatoms. The van der Waals surface area contributed by atoms with Gasteiger partial charge in [-0.1, -0.05) is 36.0 Å². The van der Waals surface area contributed by atoms with Gasteiger partial charge in [-0.2, -0.15) is 18.2 Å². The van der Waals surface area contributed by atoms with Gasteiger partial charge in [-0.3, -0.25) is 6.57 Å². The van der Waals surface area contributed by atoms with Gasteiger partial charge in [-0.05, 0) is 18.7 Å². The van der Waals surface area contributed by atoms with Crippen LogP contribution in [0.5, 0.6) is 0 Å². The quantitative estimate of drug-likeness (QED) is 0.474. The standard InChI is InChI=1S/C19H14N4.2Y/c1-20-13-11-16-3-7-18(8-4-16)22-15-23-19-9-5-17(6-10-19)12-14-21-2;;/h3-12,22-23H,15H2;;/q-2;;. The van der Waals surface area contributed by atoms with Gasteiger partial charge in [0.1, 0.15) is 0 Å². The molecule has 0 spiro atoms. The Morgan fingerprint density at radius 3 is 1.40 bits per heavy atom. The summed E-state index contributed by atoms with van der Waals surface area (Å²) in [6.07, 6.45) is 8.25. The van der Waals surface area contributed by atoms with Gasteiger partial charge >= 0.3 is 0 Å². The summed E-state index contributed by atoms with van der Waals surface area (Å²) in [5, 5.41) is 6.52. The number of anilines is 2. The van der Waals surface area contributed by atoms with Crippen LogP contribution in [0.15, 0.2) is 48.5 Å². The zero-order chi connectivity index (χ0) is 16.3. The topological polar surface area (TPSA) is 32.8 Å². The summed E-state index contributed by atoms with van der Waals surface area (Å²) in [6.45, 7) is 13.9. The van der Waals surface area contributed by atoms with Crippen LogP contribution >= 0.6 is 0 Å². The minimum absolute atomic E-state index is 0. The summed E-state index contributed by atoms with van der Waals surface area (Å²) in [5.41, 5.74) is 3.87. The van der Waals surface area contributed by atoms with Crippen molar-refractivity contribution in [3.63, 3.8) is 0 Å². The maximum atomic E-state index is 6.66. The number of hydrogen-bond donors (Lipinski definition) is 2. The second kappa shape index (κ2) is 13.9. The van der Waals surface area contributed by atoms with E-state index in [1.54, 1.807) is 12.2 Å². The van der Waals surface area contributed by atoms with Crippen LogP contribution in [0.25, 0.3) is 21.8 Å². The first-order valence-corrected chi connectivity index (χ1v) is 6.90. The van der Waals surface area contributed by atoms with Crippen molar-refractivity contribution in [2.45, 2.75) is 0 Å². The summed E-state index contributed by atoms with van der Waals surface area (Å²) >= 11 is 0. The molecule has 118 valence electrons. The van der Waals surface area contributed by atoms with E-state index < -0.39 is 0 Å². The normalized spacial score (nSPS) is 9.52. The van der Waals surface area contributed by atoms with E-state index in [-0.39, 0.29) is 65.4 Å². The zero-order valence-corrected chi connectivity index (χ0v) is 19.2. The van der Waals surface area contributed by atoms with Gasteiger partial charge in [-0.15, -0.1) is 0 Å². The first kappa shape index (κ1) is 23.7. The maximum absolute atomic E-state index is 6.66. The van der Waals surface area contributed by atoms with Gasteiger partial charge in [0.2, 0.25) is 0 Å². The van der Waals surface area contributed by atoms with Crippen LogP contribution in [-0.4, -0.2) is 6.67 Å². The third-order valence-corrected chi connectivity index (χ3v) is 3.00. The molecular formula is C19H14N4Y2-2. The molecule has 0 fully saturated rings. The average Bonchev–Trinajstić information content (AvgIpc) is 2.60. The predicted molar refractivity (Wildman–Crippen MR) is 93.6 cm³/mol. The molecule has 2 aromatic rings. The van der Waals surface area contributed by atoms with Crippen molar-refractivity contribution in [2.24, 2.45) is 0 Å². The fourth-order valence-corrected chi connectivity index (χ4v) is 1.86. The molecular weight excluding hydrogens is 462 g/mol. The van der Waals surface area contributed by atoms with Crippen LogP contribution in [0.3, 0.4) is 0 Å². The molecule has 0 bridgehead atoms. The van der Waals surface area contributed by atoms with Crippen LogP contribution in [0.2, 0.25) is 0 Å². The van der Waals surface area contributed by atoms with Gasteiger partial charge in [0.15, 0.2) is 0 Å². The van der Waals surface area contributed by atoms with Crippen molar-refractivity contribution in [1.82, 2.24) is 0 Å². The fourth-order valence-electron chi connectivity index (χ4n) is 1.86. The molecule has 25 heavy (non-hydrogen) atoms. The molecule has 0 heterocycles. The molecule has 0 atom stereocenters. The number of nitrogens with zero attached hydrogens (tertiary/aromatic N) is 2. The van der Waals surface area contributed by atoms with Gasteiger partial charge in [-0.25, -0.2) is 11.6 Å². The molecule has 2 N–H and O–H groups in total. The van der Waals surface area contributed by atoms with E-state index in [1.807, 2.05) is 48.5 Å². The molecule has 2 aromatic carbocycles. The third kappa shape index (κ3) is 9.10. The van der Waals surface area contributed by atoms with E-state index in [1.165, 1.54) is 0 Å². The Morgan fingerprint density at radius 2 is 1.08 bits per heavy atom. The Bertz CT molecular complexity index is 700. The number of rotatable bonds is 6. The van der Waals surface area contributed by atoms with E-state index in [2.05, 4.69) is 32.7 Å². The average molecular weight is 476 g/mol. The second-order valence-corrected chi connectivity index (χ2v) is 4.54. The Labute approximate surface area is 199 Å². The minimum atomic E-state index is 0. The summed E-state index contributed by atoms with van der Waals surface area (Å²) < 4.78 is 0. The van der Waals surface area contributed by atoms with E-state index in [4.69, 9.17) is 13.1 Å². The largest absolute Gasteiger partial charge is 0.478 e. The molecule has 2 radical (unpaired) electrons. The van der Waals surface area contributed by atoms with Crippen LogP contribution in [0.1, 0.15) is 11.1 Å². The molecule has 0 aromatic heterocycles. The first-order chi connectivity index (χ1) is 11.3. The van der Waals surface area contributed by atoms with Crippen LogP contribution in [0.4, 0.5) is 11.4 Å².